The predicted octanol–water partition coefficient (Wildman–Crippen LogP) is 4.59. The molecule has 0 spiro atoms. The largest absolute Gasteiger partial charge is 0.306 e. The summed E-state index contributed by atoms with van der Waals surface area (Å²) in [6.07, 6.45) is 8.28. The zero-order valence-corrected chi connectivity index (χ0v) is 19.4. The van der Waals surface area contributed by atoms with Gasteiger partial charge in [-0.05, 0) is 103 Å². The summed E-state index contributed by atoms with van der Waals surface area (Å²) in [5, 5.41) is -0.292. The number of rotatable bonds is 4. The number of hydrogen-bond donors (Lipinski definition) is 0. The Labute approximate surface area is 181 Å². The van der Waals surface area contributed by atoms with Crippen molar-refractivity contribution < 1.29 is 9.59 Å². The van der Waals surface area contributed by atoms with Crippen LogP contribution in [0.1, 0.15) is 51.4 Å². The van der Waals surface area contributed by atoms with Crippen molar-refractivity contribution in [3.63, 3.8) is 0 Å². The first-order chi connectivity index (χ1) is 11.2. The lowest BCUT2D eigenvalue weighted by molar-refractivity contribution is -0.117. The third-order valence-corrected chi connectivity index (χ3v) is 6.11. The molecule has 2 saturated carbocycles. The zero-order chi connectivity index (χ0) is 18.3. The number of carbonyl (C=O) groups is 2. The number of hydrogen-bond acceptors (Lipinski definition) is 4. The molecule has 0 aromatic carbocycles. The summed E-state index contributed by atoms with van der Waals surface area (Å²) in [5.74, 6) is 0.255. The van der Waals surface area contributed by atoms with E-state index < -0.39 is 0 Å². The summed E-state index contributed by atoms with van der Waals surface area (Å²) in [7, 11) is 8.36. The number of halogens is 4. The van der Waals surface area contributed by atoms with Crippen molar-refractivity contribution in [3.8, 4) is 0 Å². The Kier molecular flexibility index (Phi) is 15.9. The first-order valence-electron chi connectivity index (χ1n) is 8.93. The lowest BCUT2D eigenvalue weighted by Gasteiger charge is -2.30. The molecule has 4 nitrogen and oxygen atoms in total. The minimum atomic E-state index is -0.146. The molecular formula is C18H34Cl4N2O2. The molecule has 2 rings (SSSR count). The van der Waals surface area contributed by atoms with Gasteiger partial charge in [0.2, 0.25) is 10.5 Å². The Morgan fingerprint density at radius 2 is 0.846 bits per heavy atom. The zero-order valence-electron chi connectivity index (χ0n) is 16.2. The molecule has 0 heterocycles. The Morgan fingerprint density at radius 1 is 0.615 bits per heavy atom. The Morgan fingerprint density at radius 3 is 1.00 bits per heavy atom. The Balaban J connectivity index is 0. The van der Waals surface area contributed by atoms with E-state index >= 15 is 0 Å². The van der Waals surface area contributed by atoms with Gasteiger partial charge in [-0.15, -0.1) is 24.8 Å². The van der Waals surface area contributed by atoms with Crippen molar-refractivity contribution in [3.05, 3.63) is 0 Å². The SMILES string of the molecule is CN(C)C1CCC(C(=O)Cl)CC1.CN(C)C1CCC(C(=O)Cl)CC1.Cl.Cl. The minimum Gasteiger partial charge on any atom is -0.306 e. The molecule has 0 aromatic heterocycles. The van der Waals surface area contributed by atoms with E-state index in [1.165, 1.54) is 0 Å². The molecule has 0 unspecified atom stereocenters. The summed E-state index contributed by atoms with van der Waals surface area (Å²) < 4.78 is 0. The maximum absolute atomic E-state index is 10.8. The van der Waals surface area contributed by atoms with Gasteiger partial charge in [0.1, 0.15) is 0 Å². The highest BCUT2D eigenvalue weighted by Gasteiger charge is 2.26. The highest BCUT2D eigenvalue weighted by Crippen LogP contribution is 2.28. The third kappa shape index (κ3) is 10.1. The van der Waals surface area contributed by atoms with Gasteiger partial charge in [-0.1, -0.05) is 0 Å². The van der Waals surface area contributed by atoms with Crippen LogP contribution in [0.2, 0.25) is 0 Å². The van der Waals surface area contributed by atoms with Crippen LogP contribution < -0.4 is 0 Å². The van der Waals surface area contributed by atoms with Crippen LogP contribution in [-0.4, -0.2) is 60.6 Å². The molecule has 0 N–H and O–H groups in total. The van der Waals surface area contributed by atoms with E-state index in [1.54, 1.807) is 0 Å². The standard InChI is InChI=1S/2C9H16ClNO.2ClH/c2*1-11(2)8-5-3-7(4-6-8)9(10)12;;/h2*7-8H,3-6H2,1-2H3;2*1H. The fraction of sp³-hybridized carbons (Fsp3) is 0.889. The molecule has 0 radical (unpaired) electrons. The third-order valence-electron chi connectivity index (χ3n) is 5.50. The van der Waals surface area contributed by atoms with Crippen molar-refractivity contribution in [2.75, 3.05) is 28.2 Å². The molecule has 0 atom stereocenters. The van der Waals surface area contributed by atoms with Crippen LogP contribution in [0, 0.1) is 11.8 Å². The van der Waals surface area contributed by atoms with Crippen molar-refractivity contribution >= 4 is 58.5 Å². The van der Waals surface area contributed by atoms with Gasteiger partial charge in [0, 0.05) is 23.9 Å². The van der Waals surface area contributed by atoms with Gasteiger partial charge in [-0.25, -0.2) is 0 Å². The van der Waals surface area contributed by atoms with Crippen LogP contribution in [0.3, 0.4) is 0 Å². The molecule has 8 heteroatoms. The van der Waals surface area contributed by atoms with Gasteiger partial charge in [0.25, 0.3) is 0 Å². The first kappa shape index (κ1) is 28.6. The second-order valence-corrected chi connectivity index (χ2v) is 8.29. The molecule has 26 heavy (non-hydrogen) atoms. The summed E-state index contributed by atoms with van der Waals surface area (Å²) in [4.78, 5) is 26.1. The highest BCUT2D eigenvalue weighted by molar-refractivity contribution is 6.64. The quantitative estimate of drug-likeness (QED) is 0.586. The molecule has 2 aliphatic rings. The van der Waals surface area contributed by atoms with E-state index in [1.807, 2.05) is 0 Å². The molecule has 0 saturated heterocycles. The molecule has 0 aromatic rings. The van der Waals surface area contributed by atoms with Crippen LogP contribution in [0.4, 0.5) is 0 Å². The van der Waals surface area contributed by atoms with Crippen molar-refractivity contribution in [2.45, 2.75) is 63.5 Å². The van der Waals surface area contributed by atoms with Crippen LogP contribution in [0.5, 0.6) is 0 Å². The average Bonchev–Trinajstić information content (AvgIpc) is 2.55. The van der Waals surface area contributed by atoms with Gasteiger partial charge in [0.15, 0.2) is 0 Å². The lowest BCUT2D eigenvalue weighted by Crippen LogP contribution is -2.33. The average molecular weight is 452 g/mol. The van der Waals surface area contributed by atoms with E-state index in [4.69, 9.17) is 23.2 Å². The van der Waals surface area contributed by atoms with E-state index in [9.17, 15) is 9.59 Å². The molecule has 2 aliphatic carbocycles. The van der Waals surface area contributed by atoms with Crippen LogP contribution >= 0.6 is 48.0 Å². The van der Waals surface area contributed by atoms with Gasteiger partial charge < -0.3 is 9.80 Å². The van der Waals surface area contributed by atoms with Gasteiger partial charge in [-0.3, -0.25) is 9.59 Å². The van der Waals surface area contributed by atoms with Gasteiger partial charge in [0.05, 0.1) is 0 Å². The molecule has 0 aliphatic heterocycles. The molecular weight excluding hydrogens is 418 g/mol. The van der Waals surface area contributed by atoms with E-state index in [0.29, 0.717) is 12.1 Å². The summed E-state index contributed by atoms with van der Waals surface area (Å²) in [5.41, 5.74) is 0. The molecule has 0 amide bonds. The number of carbonyl (C=O) groups excluding carboxylic acids is 2. The van der Waals surface area contributed by atoms with Crippen molar-refractivity contribution in [1.82, 2.24) is 9.80 Å². The normalized spacial score (nSPS) is 28.3. The van der Waals surface area contributed by atoms with Crippen LogP contribution in [-0.2, 0) is 9.59 Å². The maximum Gasteiger partial charge on any atom is 0.224 e. The summed E-state index contributed by atoms with van der Waals surface area (Å²) in [6, 6.07) is 1.30. The smallest absolute Gasteiger partial charge is 0.224 e. The molecule has 2 fully saturated rings. The molecule has 156 valence electrons. The molecule has 0 bridgehead atoms. The number of nitrogens with zero attached hydrogens (tertiary/aromatic N) is 2. The van der Waals surface area contributed by atoms with Gasteiger partial charge >= 0.3 is 0 Å². The second kappa shape index (κ2) is 14.4. The monoisotopic (exact) mass is 450 g/mol. The van der Waals surface area contributed by atoms with Crippen LogP contribution in [0.25, 0.3) is 0 Å². The topological polar surface area (TPSA) is 40.6 Å². The highest BCUT2D eigenvalue weighted by atomic mass is 35.5. The maximum atomic E-state index is 10.8. The van der Waals surface area contributed by atoms with Gasteiger partial charge in [-0.2, -0.15) is 0 Å². The Bertz CT molecular complexity index is 368. The van der Waals surface area contributed by atoms with E-state index in [0.717, 1.165) is 51.4 Å². The second-order valence-electron chi connectivity index (χ2n) is 7.55. The van der Waals surface area contributed by atoms with Crippen molar-refractivity contribution in [1.29, 1.82) is 0 Å². The van der Waals surface area contributed by atoms with E-state index in [2.05, 4.69) is 38.0 Å². The Hall–Kier alpha value is 0.420. The predicted molar refractivity (Wildman–Crippen MR) is 115 cm³/mol. The summed E-state index contributed by atoms with van der Waals surface area (Å²) in [6.45, 7) is 0. The summed E-state index contributed by atoms with van der Waals surface area (Å²) >= 11 is 10.9. The fourth-order valence-corrected chi connectivity index (χ4v) is 4.07. The van der Waals surface area contributed by atoms with Crippen molar-refractivity contribution in [2.24, 2.45) is 11.8 Å². The minimum absolute atomic E-state index is 0. The lowest BCUT2D eigenvalue weighted by atomic mass is 9.86. The van der Waals surface area contributed by atoms with E-state index in [-0.39, 0.29) is 47.1 Å². The fourth-order valence-electron chi connectivity index (χ4n) is 3.64. The first-order valence-corrected chi connectivity index (χ1v) is 9.69. The van der Waals surface area contributed by atoms with Crippen LogP contribution in [0.15, 0.2) is 0 Å².